The lowest BCUT2D eigenvalue weighted by Gasteiger charge is -1.97. The van der Waals surface area contributed by atoms with E-state index in [4.69, 9.17) is 5.11 Å². The highest BCUT2D eigenvalue weighted by Gasteiger charge is 2.05. The number of hydrogen-bond donors (Lipinski definition) is 1. The van der Waals surface area contributed by atoms with Crippen LogP contribution in [-0.4, -0.2) is 23.3 Å². The molecule has 0 radical (unpaired) electrons. The van der Waals surface area contributed by atoms with Crippen molar-refractivity contribution in [3.05, 3.63) is 35.9 Å². The van der Waals surface area contributed by atoms with Crippen LogP contribution in [0.5, 0.6) is 0 Å². The van der Waals surface area contributed by atoms with Crippen molar-refractivity contribution in [2.75, 3.05) is 0 Å². The zero-order chi connectivity index (χ0) is 9.68. The lowest BCUT2D eigenvalue weighted by atomic mass is 10.2. The van der Waals surface area contributed by atoms with Gasteiger partial charge < -0.3 is 5.11 Å². The molecule has 0 fully saturated rings. The highest BCUT2D eigenvalue weighted by atomic mass is 16.4. The van der Waals surface area contributed by atoms with Gasteiger partial charge in [-0.3, -0.25) is 4.99 Å². The molecule has 3 nitrogen and oxygen atoms in total. The monoisotopic (exact) mass is 177 g/mol. The van der Waals surface area contributed by atoms with E-state index in [9.17, 15) is 4.79 Å². The zero-order valence-corrected chi connectivity index (χ0v) is 7.34. The van der Waals surface area contributed by atoms with E-state index in [-0.39, 0.29) is 0 Å². The minimum absolute atomic E-state index is 0.680. The summed E-state index contributed by atoms with van der Waals surface area (Å²) in [5, 5.41) is 8.55. The zero-order valence-electron chi connectivity index (χ0n) is 7.34. The number of nitrogens with zero attached hydrogens (tertiary/aromatic N) is 1. The number of carboxylic acids is 1. The van der Waals surface area contributed by atoms with E-state index in [1.54, 1.807) is 13.1 Å². The van der Waals surface area contributed by atoms with Crippen LogP contribution >= 0.6 is 0 Å². The first-order valence-electron chi connectivity index (χ1n) is 4.01. The van der Waals surface area contributed by atoms with Gasteiger partial charge in [0.25, 0.3) is 0 Å². The van der Waals surface area contributed by atoms with Gasteiger partial charge in [-0.1, -0.05) is 30.3 Å². The minimum atomic E-state index is -0.910. The molecule has 0 bridgehead atoms. The Hall–Kier alpha value is -1.64. The maximum Gasteiger partial charge on any atom is 0.328 e. The Morgan fingerprint density at radius 2 is 2.08 bits per heavy atom. The van der Waals surface area contributed by atoms with Crippen LogP contribution in [0.4, 0.5) is 0 Å². The lowest BCUT2D eigenvalue weighted by molar-refractivity contribution is -0.137. The number of aliphatic carboxylic acids is 1. The summed E-state index contributed by atoms with van der Waals surface area (Å²) in [5.74, 6) is -0.910. The van der Waals surface area contributed by atoms with Crippen LogP contribution in [0.25, 0.3) is 0 Å². The molecule has 0 saturated carbocycles. The van der Waals surface area contributed by atoms with Crippen LogP contribution in [0, 0.1) is 0 Å². The van der Waals surface area contributed by atoms with Gasteiger partial charge in [0, 0.05) is 6.21 Å². The summed E-state index contributed by atoms with van der Waals surface area (Å²) in [6.07, 6.45) is 1.57. The Labute approximate surface area is 76.7 Å². The van der Waals surface area contributed by atoms with Crippen molar-refractivity contribution in [2.24, 2.45) is 4.99 Å². The smallest absolute Gasteiger partial charge is 0.328 e. The van der Waals surface area contributed by atoms with E-state index in [2.05, 4.69) is 4.99 Å². The van der Waals surface area contributed by atoms with Crippen molar-refractivity contribution >= 4 is 12.2 Å². The fourth-order valence-corrected chi connectivity index (χ4v) is 0.801. The summed E-state index contributed by atoms with van der Waals surface area (Å²) < 4.78 is 0. The van der Waals surface area contributed by atoms with E-state index in [1.807, 2.05) is 30.3 Å². The second kappa shape index (κ2) is 4.40. The summed E-state index contributed by atoms with van der Waals surface area (Å²) in [7, 11) is 0. The highest BCUT2D eigenvalue weighted by molar-refractivity contribution is 5.83. The topological polar surface area (TPSA) is 49.7 Å². The molecule has 0 amide bonds. The molecule has 13 heavy (non-hydrogen) atoms. The van der Waals surface area contributed by atoms with Crippen LogP contribution in [0.3, 0.4) is 0 Å². The van der Waals surface area contributed by atoms with Gasteiger partial charge in [-0.15, -0.1) is 0 Å². The van der Waals surface area contributed by atoms with Gasteiger partial charge in [-0.2, -0.15) is 0 Å². The Morgan fingerprint density at radius 1 is 1.46 bits per heavy atom. The fraction of sp³-hybridized carbons (Fsp3) is 0.200. The molecule has 1 unspecified atom stereocenters. The molecule has 0 aliphatic rings. The van der Waals surface area contributed by atoms with Crippen molar-refractivity contribution in [3.63, 3.8) is 0 Å². The van der Waals surface area contributed by atoms with E-state index in [0.717, 1.165) is 5.56 Å². The average Bonchev–Trinajstić information content (AvgIpc) is 2.15. The standard InChI is InChI=1S/C10H11NO2/c1-8(10(12)13)11-7-9-5-3-2-4-6-9/h2-8H,1H3,(H,12,13). The number of carboxylic acid groups (broad SMARTS) is 1. The molecule has 1 aromatic rings. The van der Waals surface area contributed by atoms with E-state index in [0.29, 0.717) is 0 Å². The Kier molecular flexibility index (Phi) is 3.20. The molecule has 0 aliphatic carbocycles. The quantitative estimate of drug-likeness (QED) is 0.712. The molecule has 0 saturated heterocycles. The van der Waals surface area contributed by atoms with Gasteiger partial charge in [0.05, 0.1) is 0 Å². The largest absolute Gasteiger partial charge is 0.480 e. The van der Waals surface area contributed by atoms with Crippen molar-refractivity contribution in [2.45, 2.75) is 13.0 Å². The molecule has 3 heteroatoms. The van der Waals surface area contributed by atoms with E-state index in [1.165, 1.54) is 0 Å². The normalized spacial score (nSPS) is 13.0. The van der Waals surface area contributed by atoms with Gasteiger partial charge in [-0.05, 0) is 12.5 Å². The molecule has 0 aromatic heterocycles. The van der Waals surface area contributed by atoms with Gasteiger partial charge in [0.2, 0.25) is 0 Å². The summed E-state index contributed by atoms with van der Waals surface area (Å²) >= 11 is 0. The number of benzene rings is 1. The van der Waals surface area contributed by atoms with Gasteiger partial charge in [0.1, 0.15) is 6.04 Å². The van der Waals surface area contributed by atoms with Crippen molar-refractivity contribution in [1.29, 1.82) is 0 Å². The maximum absolute atomic E-state index is 10.4. The summed E-state index contributed by atoms with van der Waals surface area (Å²) in [5.41, 5.74) is 0.913. The highest BCUT2D eigenvalue weighted by Crippen LogP contribution is 1.96. The van der Waals surface area contributed by atoms with Crippen LogP contribution in [0.2, 0.25) is 0 Å². The molecule has 1 rings (SSSR count). The molecule has 1 aromatic carbocycles. The molecule has 0 spiro atoms. The van der Waals surface area contributed by atoms with Crippen LogP contribution in [-0.2, 0) is 4.79 Å². The van der Waals surface area contributed by atoms with E-state index < -0.39 is 12.0 Å². The van der Waals surface area contributed by atoms with Gasteiger partial charge in [0.15, 0.2) is 0 Å². The van der Waals surface area contributed by atoms with Crippen molar-refractivity contribution < 1.29 is 9.90 Å². The van der Waals surface area contributed by atoms with Crippen LogP contribution in [0.1, 0.15) is 12.5 Å². The lowest BCUT2D eigenvalue weighted by Crippen LogP contribution is -2.12. The predicted molar refractivity (Wildman–Crippen MR) is 51.1 cm³/mol. The molecular weight excluding hydrogens is 166 g/mol. The third-order valence-corrected chi connectivity index (χ3v) is 1.60. The summed E-state index contributed by atoms with van der Waals surface area (Å²) in [6, 6.07) is 8.73. The maximum atomic E-state index is 10.4. The third-order valence-electron chi connectivity index (χ3n) is 1.60. The molecule has 1 N–H and O–H groups in total. The van der Waals surface area contributed by atoms with Gasteiger partial charge >= 0.3 is 5.97 Å². The molecule has 1 atom stereocenters. The van der Waals surface area contributed by atoms with Crippen molar-refractivity contribution in [1.82, 2.24) is 0 Å². The minimum Gasteiger partial charge on any atom is -0.480 e. The number of carbonyl (C=O) groups is 1. The van der Waals surface area contributed by atoms with Gasteiger partial charge in [-0.25, -0.2) is 4.79 Å². The SMILES string of the molecule is CC(N=Cc1ccccc1)C(=O)O. The van der Waals surface area contributed by atoms with Crippen molar-refractivity contribution in [3.8, 4) is 0 Å². The van der Waals surface area contributed by atoms with Crippen LogP contribution in [0.15, 0.2) is 35.3 Å². The Bertz CT molecular complexity index is 306. The number of aliphatic imine (C=N–C) groups is 1. The first kappa shape index (κ1) is 9.45. The second-order valence-corrected chi connectivity index (χ2v) is 2.70. The molecule has 68 valence electrons. The number of hydrogen-bond acceptors (Lipinski definition) is 2. The predicted octanol–water partition coefficient (Wildman–Crippen LogP) is 1.58. The summed E-state index contributed by atoms with van der Waals surface area (Å²) in [6.45, 7) is 1.54. The van der Waals surface area contributed by atoms with Crippen LogP contribution < -0.4 is 0 Å². The first-order valence-corrected chi connectivity index (χ1v) is 4.01. The molecular formula is C10H11NO2. The fourth-order valence-electron chi connectivity index (χ4n) is 0.801. The third kappa shape index (κ3) is 3.07. The molecule has 0 aliphatic heterocycles. The Balaban J connectivity index is 2.64. The van der Waals surface area contributed by atoms with E-state index >= 15 is 0 Å². The average molecular weight is 177 g/mol. The number of rotatable bonds is 3. The summed E-state index contributed by atoms with van der Waals surface area (Å²) in [4.78, 5) is 14.3. The second-order valence-electron chi connectivity index (χ2n) is 2.70. The first-order chi connectivity index (χ1) is 6.20. The molecule has 0 heterocycles. The Morgan fingerprint density at radius 3 is 2.62 bits per heavy atom.